The monoisotopic (exact) mass is 342 g/mol. The van der Waals surface area contributed by atoms with Gasteiger partial charge in [-0.25, -0.2) is 5.43 Å². The van der Waals surface area contributed by atoms with Crippen LogP contribution in [0.15, 0.2) is 41.5 Å². The summed E-state index contributed by atoms with van der Waals surface area (Å²) in [5.41, 5.74) is 3.37. The van der Waals surface area contributed by atoms with Crippen LogP contribution in [-0.2, 0) is 14.3 Å². The Kier molecular flexibility index (Phi) is 5.31. The molecule has 1 heterocycles. The standard InChI is InChI=1S/C19H22N2O4/c1-3-23-17-9-8-14-6-4-5-7-15(14)16(17)13-20-21-18(22)12-19(2)24-10-11-25-19/h4-9,13H,3,10-12H2,1-2H3,(H,21,22)/b20-13+. The molecule has 1 fully saturated rings. The highest BCUT2D eigenvalue weighted by atomic mass is 16.7. The van der Waals surface area contributed by atoms with Crippen molar-refractivity contribution in [2.75, 3.05) is 19.8 Å². The second kappa shape index (κ2) is 7.63. The van der Waals surface area contributed by atoms with E-state index in [1.165, 1.54) is 0 Å². The molecule has 3 rings (SSSR count). The minimum Gasteiger partial charge on any atom is -0.493 e. The summed E-state index contributed by atoms with van der Waals surface area (Å²) >= 11 is 0. The molecule has 1 N–H and O–H groups in total. The molecule has 0 radical (unpaired) electrons. The first-order valence-electron chi connectivity index (χ1n) is 8.36. The lowest BCUT2D eigenvalue weighted by Gasteiger charge is -2.20. The zero-order valence-electron chi connectivity index (χ0n) is 14.5. The number of fused-ring (bicyclic) bond motifs is 1. The summed E-state index contributed by atoms with van der Waals surface area (Å²) in [6.07, 6.45) is 1.71. The Hall–Kier alpha value is -2.44. The normalized spacial score (nSPS) is 16.4. The average Bonchev–Trinajstić information content (AvgIpc) is 3.02. The van der Waals surface area contributed by atoms with Crippen LogP contribution < -0.4 is 10.2 Å². The van der Waals surface area contributed by atoms with E-state index in [-0.39, 0.29) is 12.3 Å². The van der Waals surface area contributed by atoms with Crippen LogP contribution in [0.4, 0.5) is 0 Å². The number of amides is 1. The minimum atomic E-state index is -0.866. The van der Waals surface area contributed by atoms with Gasteiger partial charge in [-0.2, -0.15) is 5.10 Å². The molecule has 0 saturated carbocycles. The predicted molar refractivity (Wildman–Crippen MR) is 95.8 cm³/mol. The number of hydrogen-bond donors (Lipinski definition) is 1. The Balaban J connectivity index is 1.75. The maximum absolute atomic E-state index is 12.1. The van der Waals surface area contributed by atoms with E-state index in [0.717, 1.165) is 22.1 Å². The maximum atomic E-state index is 12.1. The van der Waals surface area contributed by atoms with E-state index in [9.17, 15) is 4.79 Å². The molecular weight excluding hydrogens is 320 g/mol. The maximum Gasteiger partial charge on any atom is 0.245 e. The van der Waals surface area contributed by atoms with Crippen LogP contribution in [0.5, 0.6) is 5.75 Å². The zero-order valence-corrected chi connectivity index (χ0v) is 14.5. The molecule has 1 amide bonds. The van der Waals surface area contributed by atoms with Crippen LogP contribution >= 0.6 is 0 Å². The third-order valence-corrected chi connectivity index (χ3v) is 3.99. The Morgan fingerprint density at radius 3 is 2.80 bits per heavy atom. The molecule has 1 saturated heterocycles. The SMILES string of the molecule is CCOc1ccc2ccccc2c1/C=N/NC(=O)CC1(C)OCCO1. The number of ether oxygens (including phenoxy) is 3. The summed E-state index contributed by atoms with van der Waals surface area (Å²) in [5, 5.41) is 6.19. The highest BCUT2D eigenvalue weighted by molar-refractivity contribution is 6.02. The van der Waals surface area contributed by atoms with Crippen molar-refractivity contribution in [2.24, 2.45) is 5.10 Å². The van der Waals surface area contributed by atoms with Gasteiger partial charge >= 0.3 is 0 Å². The van der Waals surface area contributed by atoms with E-state index in [4.69, 9.17) is 14.2 Å². The second-order valence-corrected chi connectivity index (χ2v) is 5.93. The molecule has 0 spiro atoms. The number of carbonyl (C=O) groups excluding carboxylic acids is 1. The molecular formula is C19H22N2O4. The fourth-order valence-electron chi connectivity index (χ4n) is 2.85. The molecule has 1 aliphatic heterocycles. The van der Waals surface area contributed by atoms with Gasteiger partial charge < -0.3 is 14.2 Å². The molecule has 0 atom stereocenters. The number of rotatable bonds is 6. The van der Waals surface area contributed by atoms with Crippen molar-refractivity contribution in [2.45, 2.75) is 26.1 Å². The van der Waals surface area contributed by atoms with Gasteiger partial charge in [0, 0.05) is 5.56 Å². The fraction of sp³-hybridized carbons (Fsp3) is 0.368. The fourth-order valence-corrected chi connectivity index (χ4v) is 2.85. The Morgan fingerprint density at radius 1 is 1.28 bits per heavy atom. The first-order chi connectivity index (χ1) is 12.1. The average molecular weight is 342 g/mol. The van der Waals surface area contributed by atoms with Crippen LogP contribution in [0.25, 0.3) is 10.8 Å². The van der Waals surface area contributed by atoms with Gasteiger partial charge in [-0.15, -0.1) is 0 Å². The summed E-state index contributed by atoms with van der Waals surface area (Å²) in [4.78, 5) is 12.1. The van der Waals surface area contributed by atoms with Crippen LogP contribution in [0, 0.1) is 0 Å². The summed E-state index contributed by atoms with van der Waals surface area (Å²) in [7, 11) is 0. The molecule has 25 heavy (non-hydrogen) atoms. The van der Waals surface area contributed by atoms with Crippen molar-refractivity contribution in [3.05, 3.63) is 42.0 Å². The van der Waals surface area contributed by atoms with Gasteiger partial charge in [-0.1, -0.05) is 30.3 Å². The van der Waals surface area contributed by atoms with Gasteiger partial charge in [0.05, 0.1) is 32.5 Å². The Morgan fingerprint density at radius 2 is 2.04 bits per heavy atom. The summed E-state index contributed by atoms with van der Waals surface area (Å²) < 4.78 is 16.5. The lowest BCUT2D eigenvalue weighted by atomic mass is 10.0. The molecule has 2 aromatic rings. The largest absolute Gasteiger partial charge is 0.493 e. The van der Waals surface area contributed by atoms with E-state index >= 15 is 0 Å². The van der Waals surface area contributed by atoms with Gasteiger partial charge in [-0.05, 0) is 30.7 Å². The van der Waals surface area contributed by atoms with Gasteiger partial charge in [0.15, 0.2) is 5.79 Å². The van der Waals surface area contributed by atoms with Crippen molar-refractivity contribution in [1.29, 1.82) is 0 Å². The number of benzene rings is 2. The molecule has 0 unspecified atom stereocenters. The molecule has 132 valence electrons. The van der Waals surface area contributed by atoms with Crippen molar-refractivity contribution in [1.82, 2.24) is 5.43 Å². The lowest BCUT2D eigenvalue weighted by Crippen LogP contribution is -2.33. The molecule has 0 aromatic heterocycles. The summed E-state index contributed by atoms with van der Waals surface area (Å²) in [5.74, 6) is -0.400. The summed E-state index contributed by atoms with van der Waals surface area (Å²) in [6, 6.07) is 11.9. The highest BCUT2D eigenvalue weighted by Crippen LogP contribution is 2.27. The molecule has 1 aliphatic rings. The topological polar surface area (TPSA) is 69.2 Å². The predicted octanol–water partition coefficient (Wildman–Crippen LogP) is 2.84. The van der Waals surface area contributed by atoms with E-state index in [0.29, 0.717) is 19.8 Å². The quantitative estimate of drug-likeness (QED) is 0.647. The second-order valence-electron chi connectivity index (χ2n) is 5.93. The molecule has 0 aliphatic carbocycles. The highest BCUT2D eigenvalue weighted by Gasteiger charge is 2.33. The Bertz CT molecular complexity index is 782. The van der Waals surface area contributed by atoms with Crippen LogP contribution in [0.2, 0.25) is 0 Å². The zero-order chi connectivity index (χ0) is 17.7. The van der Waals surface area contributed by atoms with Crippen molar-refractivity contribution >= 4 is 22.9 Å². The summed E-state index contributed by atoms with van der Waals surface area (Å²) in [6.45, 7) is 5.24. The van der Waals surface area contributed by atoms with E-state index in [2.05, 4.69) is 10.5 Å². The number of nitrogens with one attached hydrogen (secondary N) is 1. The first kappa shape index (κ1) is 17.4. The molecule has 0 bridgehead atoms. The van der Waals surface area contributed by atoms with Gasteiger partial charge in [0.25, 0.3) is 0 Å². The van der Waals surface area contributed by atoms with Crippen molar-refractivity contribution in [3.63, 3.8) is 0 Å². The van der Waals surface area contributed by atoms with Crippen LogP contribution in [0.3, 0.4) is 0 Å². The number of hydrogen-bond acceptors (Lipinski definition) is 5. The molecule has 2 aromatic carbocycles. The van der Waals surface area contributed by atoms with E-state index < -0.39 is 5.79 Å². The van der Waals surface area contributed by atoms with Crippen molar-refractivity contribution in [3.8, 4) is 5.75 Å². The van der Waals surface area contributed by atoms with Gasteiger partial charge in [0.2, 0.25) is 5.91 Å². The van der Waals surface area contributed by atoms with Gasteiger partial charge in [-0.3, -0.25) is 4.79 Å². The van der Waals surface area contributed by atoms with E-state index in [1.54, 1.807) is 13.1 Å². The smallest absolute Gasteiger partial charge is 0.245 e. The van der Waals surface area contributed by atoms with Crippen LogP contribution in [0.1, 0.15) is 25.8 Å². The first-order valence-corrected chi connectivity index (χ1v) is 8.36. The van der Waals surface area contributed by atoms with E-state index in [1.807, 2.05) is 43.3 Å². The number of hydrazone groups is 1. The molecule has 6 heteroatoms. The Labute approximate surface area is 146 Å². The van der Waals surface area contributed by atoms with Crippen molar-refractivity contribution < 1.29 is 19.0 Å². The van der Waals surface area contributed by atoms with Gasteiger partial charge in [0.1, 0.15) is 5.75 Å². The molecule has 6 nitrogen and oxygen atoms in total. The van der Waals surface area contributed by atoms with Crippen LogP contribution in [-0.4, -0.2) is 37.7 Å². The third-order valence-electron chi connectivity index (χ3n) is 3.99. The third kappa shape index (κ3) is 4.15. The number of carbonyl (C=O) groups is 1. The number of nitrogens with zero attached hydrogens (tertiary/aromatic N) is 1. The minimum absolute atomic E-state index is 0.0954. The lowest BCUT2D eigenvalue weighted by molar-refractivity contribution is -0.159.